The molecule has 3 rings (SSSR count). The number of aryl methyl sites for hydroxylation is 1. The second-order valence-corrected chi connectivity index (χ2v) is 6.17. The normalized spacial score (nSPS) is 10.4. The van der Waals surface area contributed by atoms with E-state index in [2.05, 4.69) is 20.6 Å². The summed E-state index contributed by atoms with van der Waals surface area (Å²) in [5, 5.41) is 7.58. The summed E-state index contributed by atoms with van der Waals surface area (Å²) < 4.78 is 5.16. The number of hydrogen-bond acceptors (Lipinski definition) is 5. The molecule has 0 unspecified atom stereocenters. The highest BCUT2D eigenvalue weighted by Gasteiger charge is 2.06. The van der Waals surface area contributed by atoms with Crippen LogP contribution in [0.15, 0.2) is 48.5 Å². The maximum atomic E-state index is 6.16. The average molecular weight is 375 g/mol. The second-order valence-electron chi connectivity index (χ2n) is 5.32. The van der Waals surface area contributed by atoms with Gasteiger partial charge in [-0.3, -0.25) is 0 Å². The van der Waals surface area contributed by atoms with Gasteiger partial charge in [0.05, 0.1) is 12.1 Å². The van der Waals surface area contributed by atoms with E-state index in [1.165, 1.54) is 0 Å². The van der Waals surface area contributed by atoms with Crippen LogP contribution in [0.25, 0.3) is 0 Å². The SMILES string of the molecule is COc1ccc(Nc2cc(C)nc(Nc3ccc(Cl)cc3)n2)cc1Cl. The van der Waals surface area contributed by atoms with E-state index >= 15 is 0 Å². The molecule has 5 nitrogen and oxygen atoms in total. The lowest BCUT2D eigenvalue weighted by Gasteiger charge is -2.11. The van der Waals surface area contributed by atoms with Crippen molar-refractivity contribution in [3.63, 3.8) is 0 Å². The van der Waals surface area contributed by atoms with Gasteiger partial charge in [-0.25, -0.2) is 4.98 Å². The van der Waals surface area contributed by atoms with E-state index in [9.17, 15) is 0 Å². The number of nitrogens with one attached hydrogen (secondary N) is 2. The molecule has 0 atom stereocenters. The Morgan fingerprint density at radius 1 is 0.880 bits per heavy atom. The molecule has 1 heterocycles. The zero-order valence-corrected chi connectivity index (χ0v) is 15.2. The number of nitrogens with zero attached hydrogens (tertiary/aromatic N) is 2. The van der Waals surface area contributed by atoms with Crippen LogP contribution in [0.5, 0.6) is 5.75 Å². The molecule has 7 heteroatoms. The van der Waals surface area contributed by atoms with Crippen LogP contribution in [0.3, 0.4) is 0 Å². The van der Waals surface area contributed by atoms with Crippen LogP contribution in [0.2, 0.25) is 10.0 Å². The van der Waals surface area contributed by atoms with Gasteiger partial charge in [0.15, 0.2) is 0 Å². The molecular formula is C18H16Cl2N4O. The highest BCUT2D eigenvalue weighted by Crippen LogP contribution is 2.29. The van der Waals surface area contributed by atoms with Crippen molar-refractivity contribution in [1.82, 2.24) is 9.97 Å². The molecule has 128 valence electrons. The van der Waals surface area contributed by atoms with Gasteiger partial charge >= 0.3 is 0 Å². The summed E-state index contributed by atoms with van der Waals surface area (Å²) in [6.45, 7) is 1.90. The van der Waals surface area contributed by atoms with E-state index in [4.69, 9.17) is 27.9 Å². The van der Waals surface area contributed by atoms with Crippen LogP contribution in [0.4, 0.5) is 23.1 Å². The highest BCUT2D eigenvalue weighted by molar-refractivity contribution is 6.32. The van der Waals surface area contributed by atoms with Gasteiger partial charge < -0.3 is 15.4 Å². The summed E-state index contributed by atoms with van der Waals surface area (Å²) in [4.78, 5) is 8.88. The van der Waals surface area contributed by atoms with Crippen molar-refractivity contribution in [3.05, 3.63) is 64.3 Å². The lowest BCUT2D eigenvalue weighted by Crippen LogP contribution is -2.02. The number of aromatic nitrogens is 2. The third-order valence-corrected chi connectivity index (χ3v) is 3.93. The molecule has 1 aromatic heterocycles. The van der Waals surface area contributed by atoms with E-state index in [0.29, 0.717) is 27.6 Å². The van der Waals surface area contributed by atoms with Gasteiger partial charge in [-0.2, -0.15) is 4.98 Å². The van der Waals surface area contributed by atoms with Gasteiger partial charge in [0.2, 0.25) is 5.95 Å². The lowest BCUT2D eigenvalue weighted by molar-refractivity contribution is 0.415. The first-order valence-electron chi connectivity index (χ1n) is 7.52. The molecule has 0 aliphatic rings. The number of halogens is 2. The Morgan fingerprint density at radius 2 is 1.60 bits per heavy atom. The molecule has 0 spiro atoms. The average Bonchev–Trinajstić information content (AvgIpc) is 2.57. The van der Waals surface area contributed by atoms with Gasteiger partial charge in [-0.15, -0.1) is 0 Å². The topological polar surface area (TPSA) is 59.1 Å². The molecule has 0 aliphatic carbocycles. The van der Waals surface area contributed by atoms with E-state index in [1.807, 2.05) is 31.2 Å². The van der Waals surface area contributed by atoms with E-state index < -0.39 is 0 Å². The number of benzene rings is 2. The van der Waals surface area contributed by atoms with Crippen molar-refractivity contribution >= 4 is 46.3 Å². The number of anilines is 4. The van der Waals surface area contributed by atoms with Gasteiger partial charge in [-0.05, 0) is 49.4 Å². The fourth-order valence-corrected chi connectivity index (χ4v) is 2.63. The smallest absolute Gasteiger partial charge is 0.229 e. The first kappa shape index (κ1) is 17.3. The number of hydrogen-bond donors (Lipinski definition) is 2. The molecule has 3 aromatic rings. The van der Waals surface area contributed by atoms with E-state index in [1.54, 1.807) is 31.4 Å². The summed E-state index contributed by atoms with van der Waals surface area (Å²) in [5.41, 5.74) is 2.49. The van der Waals surface area contributed by atoms with Crippen molar-refractivity contribution in [3.8, 4) is 5.75 Å². The van der Waals surface area contributed by atoms with E-state index in [0.717, 1.165) is 17.1 Å². The Morgan fingerprint density at radius 3 is 2.28 bits per heavy atom. The Labute approximate surface area is 156 Å². The molecule has 0 fully saturated rings. The number of ether oxygens (including phenoxy) is 1. The van der Waals surface area contributed by atoms with Crippen molar-refractivity contribution < 1.29 is 4.74 Å². The third-order valence-electron chi connectivity index (χ3n) is 3.38. The van der Waals surface area contributed by atoms with Gasteiger partial charge in [0.1, 0.15) is 11.6 Å². The molecule has 25 heavy (non-hydrogen) atoms. The van der Waals surface area contributed by atoms with Crippen LogP contribution in [-0.2, 0) is 0 Å². The first-order chi connectivity index (χ1) is 12.0. The molecule has 0 bridgehead atoms. The number of rotatable bonds is 5. The van der Waals surface area contributed by atoms with Crippen LogP contribution in [-0.4, -0.2) is 17.1 Å². The first-order valence-corrected chi connectivity index (χ1v) is 8.28. The maximum absolute atomic E-state index is 6.16. The summed E-state index contributed by atoms with van der Waals surface area (Å²) >= 11 is 12.1. The van der Waals surface area contributed by atoms with Gasteiger partial charge in [0, 0.05) is 28.2 Å². The Hall–Kier alpha value is -2.50. The maximum Gasteiger partial charge on any atom is 0.229 e. The zero-order valence-electron chi connectivity index (χ0n) is 13.7. The fourth-order valence-electron chi connectivity index (χ4n) is 2.24. The zero-order chi connectivity index (χ0) is 17.8. The summed E-state index contributed by atoms with van der Waals surface area (Å²) in [6.07, 6.45) is 0. The van der Waals surface area contributed by atoms with Gasteiger partial charge in [0.25, 0.3) is 0 Å². The molecule has 0 saturated carbocycles. The number of methoxy groups -OCH3 is 1. The summed E-state index contributed by atoms with van der Waals surface area (Å²) in [7, 11) is 1.58. The predicted molar refractivity (Wildman–Crippen MR) is 103 cm³/mol. The van der Waals surface area contributed by atoms with E-state index in [-0.39, 0.29) is 0 Å². The minimum atomic E-state index is 0.490. The molecule has 0 saturated heterocycles. The Kier molecular flexibility index (Phi) is 5.26. The van der Waals surface area contributed by atoms with Crippen molar-refractivity contribution in [1.29, 1.82) is 0 Å². The lowest BCUT2D eigenvalue weighted by atomic mass is 10.3. The largest absolute Gasteiger partial charge is 0.495 e. The Bertz CT molecular complexity index is 885. The van der Waals surface area contributed by atoms with Crippen molar-refractivity contribution in [2.24, 2.45) is 0 Å². The molecule has 0 amide bonds. The minimum Gasteiger partial charge on any atom is -0.495 e. The standard InChI is InChI=1S/C18H16Cl2N4O/c1-11-9-17(22-14-7-8-16(25-2)15(20)10-14)24-18(21-11)23-13-5-3-12(19)4-6-13/h3-10H,1-2H3,(H2,21,22,23,24). The van der Waals surface area contributed by atoms with Crippen molar-refractivity contribution in [2.45, 2.75) is 6.92 Å². The molecule has 2 N–H and O–H groups in total. The quantitative estimate of drug-likeness (QED) is 0.609. The second kappa shape index (κ2) is 7.59. The molecule has 0 radical (unpaired) electrons. The Balaban J connectivity index is 1.81. The molecule has 2 aromatic carbocycles. The van der Waals surface area contributed by atoms with Gasteiger partial charge in [-0.1, -0.05) is 23.2 Å². The summed E-state index contributed by atoms with van der Waals surface area (Å²) in [6, 6.07) is 14.6. The monoisotopic (exact) mass is 374 g/mol. The predicted octanol–water partition coefficient (Wildman–Crippen LogP) is 5.59. The molecular weight excluding hydrogens is 359 g/mol. The van der Waals surface area contributed by atoms with Crippen LogP contribution < -0.4 is 15.4 Å². The van der Waals surface area contributed by atoms with Crippen molar-refractivity contribution in [2.75, 3.05) is 17.7 Å². The minimum absolute atomic E-state index is 0.490. The highest BCUT2D eigenvalue weighted by atomic mass is 35.5. The summed E-state index contributed by atoms with van der Waals surface area (Å²) in [5.74, 6) is 1.77. The third kappa shape index (κ3) is 4.53. The van der Waals surface area contributed by atoms with Crippen LogP contribution in [0, 0.1) is 6.92 Å². The fraction of sp³-hybridized carbons (Fsp3) is 0.111. The molecule has 0 aliphatic heterocycles. The van der Waals surface area contributed by atoms with Crippen LogP contribution in [0.1, 0.15) is 5.69 Å². The van der Waals surface area contributed by atoms with Crippen LogP contribution >= 0.6 is 23.2 Å².